The van der Waals surface area contributed by atoms with Crippen LogP contribution in [-0.4, -0.2) is 42.5 Å². The molecular formula is C8H16N2O2. The molecule has 2 rings (SSSR count). The summed E-state index contributed by atoms with van der Waals surface area (Å²) in [5.74, 6) is 0. The molecule has 0 aromatic heterocycles. The molecule has 0 aromatic rings. The fourth-order valence-electron chi connectivity index (χ4n) is 1.91. The Morgan fingerprint density at radius 1 is 1.42 bits per heavy atom. The van der Waals surface area contributed by atoms with Crippen molar-refractivity contribution in [1.29, 1.82) is 0 Å². The molecule has 2 saturated heterocycles. The van der Waals surface area contributed by atoms with Crippen LogP contribution in [0.2, 0.25) is 0 Å². The standard InChI is InChI=1S/C8H16N2O2/c9-7(2-1-3-10-4-7)8(11)5-12-6-8/h10-11H,1-6,9H2. The Morgan fingerprint density at radius 2 is 2.17 bits per heavy atom. The third-order valence-electron chi connectivity index (χ3n) is 3.03. The Kier molecular flexibility index (Phi) is 1.88. The summed E-state index contributed by atoms with van der Waals surface area (Å²) in [6.45, 7) is 2.50. The molecular weight excluding hydrogens is 156 g/mol. The number of piperidine rings is 1. The fraction of sp³-hybridized carbons (Fsp3) is 1.00. The molecule has 4 N–H and O–H groups in total. The first-order valence-electron chi connectivity index (χ1n) is 4.46. The van der Waals surface area contributed by atoms with Crippen molar-refractivity contribution >= 4 is 0 Å². The van der Waals surface area contributed by atoms with Crippen molar-refractivity contribution in [2.24, 2.45) is 5.73 Å². The van der Waals surface area contributed by atoms with Gasteiger partial charge in [-0.2, -0.15) is 0 Å². The molecule has 0 bridgehead atoms. The van der Waals surface area contributed by atoms with E-state index < -0.39 is 11.1 Å². The highest BCUT2D eigenvalue weighted by molar-refractivity contribution is 5.10. The number of rotatable bonds is 1. The van der Waals surface area contributed by atoms with Crippen molar-refractivity contribution < 1.29 is 9.84 Å². The molecule has 1 atom stereocenters. The molecule has 1 unspecified atom stereocenters. The van der Waals surface area contributed by atoms with Crippen LogP contribution < -0.4 is 11.1 Å². The number of nitrogens with one attached hydrogen (secondary N) is 1. The Balaban J connectivity index is 2.07. The van der Waals surface area contributed by atoms with Crippen molar-refractivity contribution in [1.82, 2.24) is 5.32 Å². The Bertz CT molecular complexity index is 174. The van der Waals surface area contributed by atoms with Crippen molar-refractivity contribution in [3.63, 3.8) is 0 Å². The third kappa shape index (κ3) is 1.07. The molecule has 2 heterocycles. The summed E-state index contributed by atoms with van der Waals surface area (Å²) in [4.78, 5) is 0. The second-order valence-corrected chi connectivity index (χ2v) is 3.96. The van der Waals surface area contributed by atoms with Crippen molar-refractivity contribution in [3.8, 4) is 0 Å². The maximum atomic E-state index is 10.0. The lowest BCUT2D eigenvalue weighted by Crippen LogP contribution is -2.74. The van der Waals surface area contributed by atoms with Crippen LogP contribution in [0, 0.1) is 0 Å². The molecule has 12 heavy (non-hydrogen) atoms. The Labute approximate surface area is 72.1 Å². The normalized spacial score (nSPS) is 40.5. The maximum absolute atomic E-state index is 10.0. The van der Waals surface area contributed by atoms with Crippen molar-refractivity contribution in [2.75, 3.05) is 26.3 Å². The molecule has 0 aromatic carbocycles. The molecule has 4 nitrogen and oxygen atoms in total. The number of aliphatic hydroxyl groups is 1. The number of ether oxygens (including phenoxy) is 1. The summed E-state index contributed by atoms with van der Waals surface area (Å²) in [6, 6.07) is 0. The van der Waals surface area contributed by atoms with Gasteiger partial charge in [-0.1, -0.05) is 0 Å². The van der Waals surface area contributed by atoms with E-state index in [1.165, 1.54) is 0 Å². The van der Waals surface area contributed by atoms with E-state index in [0.29, 0.717) is 19.8 Å². The molecule has 2 aliphatic rings. The lowest BCUT2D eigenvalue weighted by Gasteiger charge is -2.51. The average molecular weight is 172 g/mol. The van der Waals surface area contributed by atoms with Crippen LogP contribution in [0.1, 0.15) is 12.8 Å². The van der Waals surface area contributed by atoms with E-state index in [1.54, 1.807) is 0 Å². The first-order valence-corrected chi connectivity index (χ1v) is 4.46. The van der Waals surface area contributed by atoms with Crippen LogP contribution in [-0.2, 0) is 4.74 Å². The first-order chi connectivity index (χ1) is 5.66. The predicted molar refractivity (Wildman–Crippen MR) is 44.8 cm³/mol. The van der Waals surface area contributed by atoms with Crippen molar-refractivity contribution in [3.05, 3.63) is 0 Å². The zero-order valence-corrected chi connectivity index (χ0v) is 7.18. The van der Waals surface area contributed by atoms with E-state index in [4.69, 9.17) is 10.5 Å². The number of hydrogen-bond donors (Lipinski definition) is 3. The minimum Gasteiger partial charge on any atom is -0.383 e. The van der Waals surface area contributed by atoms with Crippen LogP contribution in [0.4, 0.5) is 0 Å². The van der Waals surface area contributed by atoms with Gasteiger partial charge in [0, 0.05) is 6.54 Å². The Hall–Kier alpha value is -0.160. The molecule has 0 amide bonds. The minimum atomic E-state index is -0.777. The maximum Gasteiger partial charge on any atom is 0.130 e. The van der Waals surface area contributed by atoms with Gasteiger partial charge in [-0.25, -0.2) is 0 Å². The summed E-state index contributed by atoms with van der Waals surface area (Å²) < 4.78 is 5.00. The lowest BCUT2D eigenvalue weighted by atomic mass is 9.74. The van der Waals surface area contributed by atoms with Crippen molar-refractivity contribution in [2.45, 2.75) is 24.0 Å². The highest BCUT2D eigenvalue weighted by atomic mass is 16.5. The molecule has 0 aliphatic carbocycles. The summed E-state index contributed by atoms with van der Waals surface area (Å²) in [5.41, 5.74) is 4.86. The molecule has 70 valence electrons. The van der Waals surface area contributed by atoms with Gasteiger partial charge < -0.3 is 20.9 Å². The van der Waals surface area contributed by atoms with Crippen LogP contribution in [0.5, 0.6) is 0 Å². The van der Waals surface area contributed by atoms with Crippen LogP contribution in [0.15, 0.2) is 0 Å². The average Bonchev–Trinajstić information content (AvgIpc) is 2.01. The van der Waals surface area contributed by atoms with E-state index in [2.05, 4.69) is 5.32 Å². The fourth-order valence-corrected chi connectivity index (χ4v) is 1.91. The summed E-state index contributed by atoms with van der Waals surface area (Å²) in [7, 11) is 0. The van der Waals surface area contributed by atoms with Gasteiger partial charge in [0.2, 0.25) is 0 Å². The summed E-state index contributed by atoms with van der Waals surface area (Å²) in [5, 5.41) is 13.2. The van der Waals surface area contributed by atoms with Gasteiger partial charge >= 0.3 is 0 Å². The predicted octanol–water partition coefficient (Wildman–Crippen LogP) is -1.17. The second kappa shape index (κ2) is 2.67. The quantitative estimate of drug-likeness (QED) is 0.466. The summed E-state index contributed by atoms with van der Waals surface area (Å²) >= 11 is 0. The van der Waals surface area contributed by atoms with Gasteiger partial charge in [0.1, 0.15) is 5.60 Å². The smallest absolute Gasteiger partial charge is 0.130 e. The topological polar surface area (TPSA) is 67.5 Å². The second-order valence-electron chi connectivity index (χ2n) is 3.96. The Morgan fingerprint density at radius 3 is 2.58 bits per heavy atom. The van der Waals surface area contributed by atoms with E-state index in [-0.39, 0.29) is 0 Å². The van der Waals surface area contributed by atoms with E-state index in [9.17, 15) is 5.11 Å². The molecule has 0 radical (unpaired) electrons. The first kappa shape index (κ1) is 8.44. The van der Waals surface area contributed by atoms with Crippen LogP contribution >= 0.6 is 0 Å². The van der Waals surface area contributed by atoms with E-state index >= 15 is 0 Å². The van der Waals surface area contributed by atoms with Gasteiger partial charge in [-0.3, -0.25) is 0 Å². The molecule has 0 saturated carbocycles. The van der Waals surface area contributed by atoms with Gasteiger partial charge in [-0.15, -0.1) is 0 Å². The SMILES string of the molecule is NC1(C2(O)COC2)CCCNC1. The van der Waals surface area contributed by atoms with Gasteiger partial charge in [0.05, 0.1) is 18.8 Å². The van der Waals surface area contributed by atoms with E-state index in [0.717, 1.165) is 19.4 Å². The molecule has 2 fully saturated rings. The largest absolute Gasteiger partial charge is 0.383 e. The zero-order valence-electron chi connectivity index (χ0n) is 7.18. The number of hydrogen-bond acceptors (Lipinski definition) is 4. The van der Waals surface area contributed by atoms with Gasteiger partial charge in [0.15, 0.2) is 0 Å². The molecule has 0 spiro atoms. The van der Waals surface area contributed by atoms with Gasteiger partial charge in [-0.05, 0) is 19.4 Å². The van der Waals surface area contributed by atoms with Crippen LogP contribution in [0.25, 0.3) is 0 Å². The summed E-state index contributed by atoms with van der Waals surface area (Å²) in [6.07, 6.45) is 1.93. The monoisotopic (exact) mass is 172 g/mol. The molecule has 4 heteroatoms. The van der Waals surface area contributed by atoms with Crippen LogP contribution in [0.3, 0.4) is 0 Å². The highest BCUT2D eigenvalue weighted by Crippen LogP contribution is 2.32. The highest BCUT2D eigenvalue weighted by Gasteiger charge is 2.53. The zero-order chi connectivity index (χ0) is 8.66. The third-order valence-corrected chi connectivity index (χ3v) is 3.03. The lowest BCUT2D eigenvalue weighted by molar-refractivity contribution is -0.217. The molecule has 2 aliphatic heterocycles. The number of nitrogens with two attached hydrogens (primary N) is 1. The minimum absolute atomic E-state index is 0.394. The van der Waals surface area contributed by atoms with Gasteiger partial charge in [0.25, 0.3) is 0 Å². The van der Waals surface area contributed by atoms with E-state index in [1.807, 2.05) is 0 Å².